The van der Waals surface area contributed by atoms with Gasteiger partial charge in [-0.05, 0) is 24.6 Å². The second-order valence-electron chi connectivity index (χ2n) is 5.64. The molecular formula is C19H21NO3. The van der Waals surface area contributed by atoms with E-state index in [1.807, 2.05) is 30.3 Å². The lowest BCUT2D eigenvalue weighted by Crippen LogP contribution is -2.34. The van der Waals surface area contributed by atoms with Crippen LogP contribution in [0.3, 0.4) is 0 Å². The highest BCUT2D eigenvalue weighted by Crippen LogP contribution is 2.25. The first kappa shape index (κ1) is 16.9. The molecule has 4 heteroatoms. The van der Waals surface area contributed by atoms with Gasteiger partial charge in [0.05, 0.1) is 12.0 Å². The van der Waals surface area contributed by atoms with Crippen molar-refractivity contribution in [3.8, 4) is 0 Å². The van der Waals surface area contributed by atoms with Crippen LogP contribution in [0.4, 0.5) is 5.69 Å². The molecule has 120 valence electrons. The molecule has 1 amide bonds. The maximum Gasteiger partial charge on any atom is 0.232 e. The molecule has 0 spiro atoms. The topological polar surface area (TPSA) is 57.6 Å². The van der Waals surface area contributed by atoms with Gasteiger partial charge < -0.3 is 10.0 Å². The van der Waals surface area contributed by atoms with E-state index in [1.54, 1.807) is 38.2 Å². The van der Waals surface area contributed by atoms with Gasteiger partial charge in [-0.25, -0.2) is 0 Å². The highest BCUT2D eigenvalue weighted by Gasteiger charge is 2.26. The fourth-order valence-corrected chi connectivity index (χ4v) is 2.42. The SMILES string of the molecule is CC(=O)c1ccc([C@H](O)[C@H](C)C(=O)N(C)c2ccccc2)cc1. The van der Waals surface area contributed by atoms with Gasteiger partial charge in [0.25, 0.3) is 0 Å². The zero-order valence-electron chi connectivity index (χ0n) is 13.6. The van der Waals surface area contributed by atoms with E-state index >= 15 is 0 Å². The maximum atomic E-state index is 12.5. The maximum absolute atomic E-state index is 12.5. The summed E-state index contributed by atoms with van der Waals surface area (Å²) in [5.41, 5.74) is 1.99. The Hall–Kier alpha value is -2.46. The molecule has 2 aromatic rings. The number of nitrogens with zero attached hydrogens (tertiary/aromatic N) is 1. The minimum atomic E-state index is -0.922. The minimum Gasteiger partial charge on any atom is -0.388 e. The van der Waals surface area contributed by atoms with Crippen molar-refractivity contribution in [1.82, 2.24) is 0 Å². The summed E-state index contributed by atoms with van der Waals surface area (Å²) in [7, 11) is 1.69. The summed E-state index contributed by atoms with van der Waals surface area (Å²) in [6.45, 7) is 3.19. The van der Waals surface area contributed by atoms with Crippen LogP contribution in [0.2, 0.25) is 0 Å². The van der Waals surface area contributed by atoms with E-state index in [2.05, 4.69) is 0 Å². The standard InChI is InChI=1S/C19H21NO3/c1-13(19(23)20(3)17-7-5-4-6-8-17)18(22)16-11-9-15(10-12-16)14(2)21/h4-13,18,22H,1-3H3/t13-,18+/m0/s1. The largest absolute Gasteiger partial charge is 0.388 e. The zero-order chi connectivity index (χ0) is 17.0. The van der Waals surface area contributed by atoms with E-state index in [1.165, 1.54) is 11.8 Å². The first-order valence-electron chi connectivity index (χ1n) is 7.53. The second kappa shape index (κ2) is 7.20. The van der Waals surface area contributed by atoms with E-state index in [-0.39, 0.29) is 11.7 Å². The number of anilines is 1. The van der Waals surface area contributed by atoms with Crippen LogP contribution in [-0.4, -0.2) is 23.8 Å². The van der Waals surface area contributed by atoms with Gasteiger partial charge >= 0.3 is 0 Å². The van der Waals surface area contributed by atoms with Gasteiger partial charge in [-0.3, -0.25) is 9.59 Å². The monoisotopic (exact) mass is 311 g/mol. The van der Waals surface area contributed by atoms with Crippen LogP contribution in [0.15, 0.2) is 54.6 Å². The van der Waals surface area contributed by atoms with Crippen LogP contribution in [0, 0.1) is 5.92 Å². The number of hydrogen-bond acceptors (Lipinski definition) is 3. The third-order valence-corrected chi connectivity index (χ3v) is 4.00. The van der Waals surface area contributed by atoms with Crippen molar-refractivity contribution in [2.75, 3.05) is 11.9 Å². The van der Waals surface area contributed by atoms with Gasteiger partial charge in [0, 0.05) is 18.3 Å². The second-order valence-corrected chi connectivity index (χ2v) is 5.64. The minimum absolute atomic E-state index is 0.0287. The van der Waals surface area contributed by atoms with E-state index < -0.39 is 12.0 Å². The number of aliphatic hydroxyl groups excluding tert-OH is 1. The normalized spacial score (nSPS) is 13.2. The lowest BCUT2D eigenvalue weighted by atomic mass is 9.95. The van der Waals surface area contributed by atoms with Crippen molar-refractivity contribution in [2.45, 2.75) is 20.0 Å². The third kappa shape index (κ3) is 3.85. The summed E-state index contributed by atoms with van der Waals surface area (Å²) in [6, 6.07) is 16.0. The van der Waals surface area contributed by atoms with E-state index in [0.717, 1.165) is 5.69 Å². The Morgan fingerprint density at radius 2 is 1.57 bits per heavy atom. The van der Waals surface area contributed by atoms with Crippen molar-refractivity contribution >= 4 is 17.4 Å². The Balaban J connectivity index is 2.13. The summed E-state index contributed by atoms with van der Waals surface area (Å²) >= 11 is 0. The van der Waals surface area contributed by atoms with Gasteiger partial charge in [-0.1, -0.05) is 49.4 Å². The number of aliphatic hydroxyl groups is 1. The first-order chi connectivity index (χ1) is 10.9. The van der Waals surface area contributed by atoms with Crippen LogP contribution in [0.25, 0.3) is 0 Å². The van der Waals surface area contributed by atoms with Crippen molar-refractivity contribution in [2.24, 2.45) is 5.92 Å². The Kier molecular flexibility index (Phi) is 5.29. The Bertz CT molecular complexity index is 680. The summed E-state index contributed by atoms with van der Waals surface area (Å²) in [6.07, 6.45) is -0.922. The number of amides is 1. The molecular weight excluding hydrogens is 290 g/mol. The van der Waals surface area contributed by atoms with Gasteiger partial charge in [0.15, 0.2) is 5.78 Å². The van der Waals surface area contributed by atoms with Crippen molar-refractivity contribution in [3.63, 3.8) is 0 Å². The average Bonchev–Trinajstić information content (AvgIpc) is 2.60. The van der Waals surface area contributed by atoms with Gasteiger partial charge in [-0.2, -0.15) is 0 Å². The number of ketones is 1. The molecule has 0 saturated heterocycles. The molecule has 0 fully saturated rings. The molecule has 4 nitrogen and oxygen atoms in total. The van der Waals surface area contributed by atoms with Gasteiger partial charge in [0.1, 0.15) is 0 Å². The lowest BCUT2D eigenvalue weighted by Gasteiger charge is -2.25. The van der Waals surface area contributed by atoms with Gasteiger partial charge in [0.2, 0.25) is 5.91 Å². The van der Waals surface area contributed by atoms with Crippen LogP contribution in [0.1, 0.15) is 35.9 Å². The van der Waals surface area contributed by atoms with Crippen LogP contribution < -0.4 is 4.90 Å². The van der Waals surface area contributed by atoms with E-state index in [9.17, 15) is 14.7 Å². The van der Waals surface area contributed by atoms with Crippen molar-refractivity contribution in [3.05, 3.63) is 65.7 Å². The van der Waals surface area contributed by atoms with Crippen molar-refractivity contribution in [1.29, 1.82) is 0 Å². The molecule has 0 unspecified atom stereocenters. The fourth-order valence-electron chi connectivity index (χ4n) is 2.42. The van der Waals surface area contributed by atoms with E-state index in [4.69, 9.17) is 0 Å². The summed E-state index contributed by atoms with van der Waals surface area (Å²) in [5.74, 6) is -0.790. The first-order valence-corrected chi connectivity index (χ1v) is 7.53. The number of benzene rings is 2. The number of para-hydroxylation sites is 1. The zero-order valence-corrected chi connectivity index (χ0v) is 13.6. The highest BCUT2D eigenvalue weighted by molar-refractivity contribution is 5.95. The highest BCUT2D eigenvalue weighted by atomic mass is 16.3. The number of carbonyl (C=O) groups is 2. The smallest absolute Gasteiger partial charge is 0.232 e. The molecule has 0 aliphatic rings. The Morgan fingerprint density at radius 3 is 2.09 bits per heavy atom. The molecule has 0 aliphatic heterocycles. The molecule has 2 rings (SSSR count). The van der Waals surface area contributed by atoms with Gasteiger partial charge in [-0.15, -0.1) is 0 Å². The molecule has 0 radical (unpaired) electrons. The van der Waals surface area contributed by atoms with Crippen LogP contribution in [-0.2, 0) is 4.79 Å². The lowest BCUT2D eigenvalue weighted by molar-refractivity contribution is -0.125. The number of carbonyl (C=O) groups excluding carboxylic acids is 2. The fraction of sp³-hybridized carbons (Fsp3) is 0.263. The molecule has 23 heavy (non-hydrogen) atoms. The molecule has 1 N–H and O–H groups in total. The molecule has 2 atom stereocenters. The Labute approximate surface area is 136 Å². The summed E-state index contributed by atoms with van der Waals surface area (Å²) in [4.78, 5) is 25.4. The van der Waals surface area contributed by atoms with Crippen LogP contribution in [0.5, 0.6) is 0 Å². The molecule has 0 aliphatic carbocycles. The number of rotatable bonds is 5. The number of Topliss-reactive ketones (excluding diaryl/α,β-unsaturated/α-hetero) is 1. The molecule has 0 saturated carbocycles. The van der Waals surface area contributed by atoms with E-state index in [0.29, 0.717) is 11.1 Å². The molecule has 2 aromatic carbocycles. The Morgan fingerprint density at radius 1 is 1.00 bits per heavy atom. The molecule has 0 aromatic heterocycles. The summed E-state index contributed by atoms with van der Waals surface area (Å²) < 4.78 is 0. The number of hydrogen-bond donors (Lipinski definition) is 1. The molecule has 0 heterocycles. The van der Waals surface area contributed by atoms with Crippen LogP contribution >= 0.6 is 0 Å². The third-order valence-electron chi connectivity index (χ3n) is 4.00. The molecule has 0 bridgehead atoms. The summed E-state index contributed by atoms with van der Waals surface area (Å²) in [5, 5.41) is 10.5. The van der Waals surface area contributed by atoms with Crippen molar-refractivity contribution < 1.29 is 14.7 Å². The quantitative estimate of drug-likeness (QED) is 0.863. The predicted molar refractivity (Wildman–Crippen MR) is 90.4 cm³/mol. The predicted octanol–water partition coefficient (Wildman–Crippen LogP) is 3.22. The average molecular weight is 311 g/mol.